The lowest BCUT2D eigenvalue weighted by atomic mass is 10.8. The van der Waals surface area contributed by atoms with Crippen molar-refractivity contribution in [3.05, 3.63) is 0 Å². The highest BCUT2D eigenvalue weighted by Gasteiger charge is 1.50. The molecule has 0 saturated carbocycles. The Hall–Kier alpha value is 0.390. The van der Waals surface area contributed by atoms with Crippen LogP contribution in [-0.2, 0) is 0 Å². The van der Waals surface area contributed by atoms with Crippen LogP contribution in [0.15, 0.2) is 0 Å². The quantitative estimate of drug-likeness (QED) is 0.459. The zero-order valence-electron chi connectivity index (χ0n) is 3.91. The summed E-state index contributed by atoms with van der Waals surface area (Å²) in [6.07, 6.45) is 0. The summed E-state index contributed by atoms with van der Waals surface area (Å²) >= 11 is 0. The van der Waals surface area contributed by atoms with Gasteiger partial charge in [0.15, 0.2) is 0 Å². The average Bonchev–Trinajstić information content (AvgIpc) is 1.37. The average molecular weight is 93.1 g/mol. The molecule has 0 amide bonds. The van der Waals surface area contributed by atoms with Crippen molar-refractivity contribution in [2.24, 2.45) is 0 Å². The fourth-order valence-electron chi connectivity index (χ4n) is 0. The number of hydrogen-bond acceptors (Lipinski definition) is 1. The predicted octanol–water partition coefficient (Wildman–Crippen LogP) is 0.284. The largest absolute Gasteiger partial charge is 0.320 e. The summed E-state index contributed by atoms with van der Waals surface area (Å²) in [5.74, 6) is 0. The maximum absolute atomic E-state index is 2.93. The lowest BCUT2D eigenvalue weighted by Gasteiger charge is -1.76. The molecule has 1 unspecified atom stereocenters. The lowest BCUT2D eigenvalue weighted by molar-refractivity contribution is 0.864. The van der Waals surface area contributed by atoms with Crippen LogP contribution in [0, 0.1) is 0 Å². The van der Waals surface area contributed by atoms with E-state index in [4.69, 9.17) is 0 Å². The number of rotatable bonds is 1. The first-order valence-corrected chi connectivity index (χ1v) is 1.56. The van der Waals surface area contributed by atoms with Gasteiger partial charge in [0.05, 0.1) is 0 Å². The van der Waals surface area contributed by atoms with Gasteiger partial charge in [0, 0.05) is 0 Å². The van der Waals surface area contributed by atoms with Crippen LogP contribution in [0.5, 0.6) is 0 Å². The molecule has 0 aliphatic carbocycles. The highest BCUT2D eigenvalue weighted by atomic mass is 31.0. The molecule has 1 atom stereocenters. The molecule has 0 bridgehead atoms. The van der Waals surface area contributed by atoms with Crippen LogP contribution in [0.25, 0.3) is 0 Å². The lowest BCUT2D eigenvalue weighted by Crippen LogP contribution is -2.01. The molecule has 0 aliphatic heterocycles. The zero-order chi connectivity index (χ0) is 3.41. The summed E-state index contributed by atoms with van der Waals surface area (Å²) in [6, 6.07) is 0. The van der Waals surface area contributed by atoms with Crippen LogP contribution in [0.1, 0.15) is 6.92 Å². The molecule has 0 saturated heterocycles. The van der Waals surface area contributed by atoms with Gasteiger partial charge < -0.3 is 5.32 Å². The van der Waals surface area contributed by atoms with Gasteiger partial charge in [0.2, 0.25) is 0 Å². The Labute approximate surface area is 36.8 Å². The van der Waals surface area contributed by atoms with Gasteiger partial charge in [-0.1, -0.05) is 6.92 Å². The van der Waals surface area contributed by atoms with Gasteiger partial charge in [0.1, 0.15) is 0 Å². The van der Waals surface area contributed by atoms with Gasteiger partial charge in [-0.2, -0.15) is 9.90 Å². The van der Waals surface area contributed by atoms with E-state index in [0.29, 0.717) is 0 Å². The van der Waals surface area contributed by atoms with Crippen molar-refractivity contribution in [2.75, 3.05) is 13.6 Å². The van der Waals surface area contributed by atoms with Gasteiger partial charge in [-0.05, 0) is 13.6 Å². The first kappa shape index (κ1) is 9.04. The molecular formula is C3H12NP. The topological polar surface area (TPSA) is 12.0 Å². The third-order valence-corrected chi connectivity index (χ3v) is 0.354. The molecule has 1 N–H and O–H groups in total. The highest BCUT2D eigenvalue weighted by Crippen LogP contribution is 1.34. The van der Waals surface area contributed by atoms with Gasteiger partial charge in [0.25, 0.3) is 0 Å². The molecule has 0 spiro atoms. The van der Waals surface area contributed by atoms with E-state index in [9.17, 15) is 0 Å². The summed E-state index contributed by atoms with van der Waals surface area (Å²) in [5.41, 5.74) is 0. The van der Waals surface area contributed by atoms with Gasteiger partial charge in [-0.15, -0.1) is 0 Å². The minimum absolute atomic E-state index is 0. The van der Waals surface area contributed by atoms with E-state index in [1.165, 1.54) is 0 Å². The molecule has 0 radical (unpaired) electrons. The highest BCUT2D eigenvalue weighted by molar-refractivity contribution is 6.92. The monoisotopic (exact) mass is 93.1 g/mol. The fourth-order valence-corrected chi connectivity index (χ4v) is 0. The Bertz CT molecular complexity index is 8.85. The summed E-state index contributed by atoms with van der Waals surface area (Å²) in [6.45, 7) is 3.14. The molecule has 0 rings (SSSR count). The van der Waals surface area contributed by atoms with Crippen molar-refractivity contribution in [1.29, 1.82) is 0 Å². The summed E-state index contributed by atoms with van der Waals surface area (Å²) < 4.78 is 0. The van der Waals surface area contributed by atoms with Crippen molar-refractivity contribution in [3.8, 4) is 0 Å². The second kappa shape index (κ2) is 8.83. The molecule has 0 aromatic heterocycles. The van der Waals surface area contributed by atoms with Crippen molar-refractivity contribution >= 4 is 9.90 Å². The maximum atomic E-state index is 2.93. The van der Waals surface area contributed by atoms with Crippen molar-refractivity contribution in [1.82, 2.24) is 5.32 Å². The van der Waals surface area contributed by atoms with Crippen molar-refractivity contribution in [2.45, 2.75) is 6.92 Å². The zero-order valence-corrected chi connectivity index (χ0v) is 5.33. The summed E-state index contributed by atoms with van der Waals surface area (Å²) in [5, 5.41) is 2.93. The van der Waals surface area contributed by atoms with Crippen molar-refractivity contribution < 1.29 is 0 Å². The van der Waals surface area contributed by atoms with Crippen LogP contribution in [0.4, 0.5) is 0 Å². The molecule has 34 valence electrons. The van der Waals surface area contributed by atoms with E-state index in [2.05, 4.69) is 12.2 Å². The number of hydrogen-bond donors (Lipinski definition) is 1. The predicted molar refractivity (Wildman–Crippen MR) is 30.7 cm³/mol. The van der Waals surface area contributed by atoms with Crippen LogP contribution in [0.3, 0.4) is 0 Å². The van der Waals surface area contributed by atoms with E-state index in [1.807, 2.05) is 7.05 Å². The molecule has 1 nitrogen and oxygen atoms in total. The molecule has 5 heavy (non-hydrogen) atoms. The Morgan fingerprint density at radius 1 is 1.60 bits per heavy atom. The molecule has 0 fully saturated rings. The van der Waals surface area contributed by atoms with Gasteiger partial charge >= 0.3 is 0 Å². The SMILES string of the molecule is CCNC.P. The second-order valence-corrected chi connectivity index (χ2v) is 0.707. The van der Waals surface area contributed by atoms with E-state index in [0.717, 1.165) is 6.54 Å². The first-order chi connectivity index (χ1) is 1.91. The van der Waals surface area contributed by atoms with Gasteiger partial charge in [-0.3, -0.25) is 0 Å². The third kappa shape index (κ3) is 13.0. The fraction of sp³-hybridized carbons (Fsp3) is 1.00. The Kier molecular flexibility index (Phi) is 16.0. The normalized spacial score (nSPS) is 6.00. The standard InChI is InChI=1S/C3H9N.H3P/c1-3-4-2;/h4H,3H2,1-2H3;1H3. The van der Waals surface area contributed by atoms with Crippen LogP contribution < -0.4 is 5.32 Å². The maximum Gasteiger partial charge on any atom is -0.00804 e. The Morgan fingerprint density at radius 3 is 1.80 bits per heavy atom. The smallest absolute Gasteiger partial charge is 0.00804 e. The Morgan fingerprint density at radius 2 is 1.80 bits per heavy atom. The molecule has 2 heteroatoms. The van der Waals surface area contributed by atoms with Crippen LogP contribution >= 0.6 is 9.90 Å². The molecular weight excluding hydrogens is 81.0 g/mol. The second-order valence-electron chi connectivity index (χ2n) is 0.707. The molecule has 0 aromatic rings. The first-order valence-electron chi connectivity index (χ1n) is 1.56. The Balaban J connectivity index is 0. The van der Waals surface area contributed by atoms with Crippen LogP contribution in [-0.4, -0.2) is 13.6 Å². The third-order valence-electron chi connectivity index (χ3n) is 0.354. The summed E-state index contributed by atoms with van der Waals surface area (Å²) in [7, 11) is 1.93. The van der Waals surface area contributed by atoms with Gasteiger partial charge in [-0.25, -0.2) is 0 Å². The number of nitrogens with one attached hydrogen (secondary N) is 1. The van der Waals surface area contributed by atoms with E-state index < -0.39 is 0 Å². The minimum atomic E-state index is 0. The summed E-state index contributed by atoms with van der Waals surface area (Å²) in [4.78, 5) is 0. The van der Waals surface area contributed by atoms with E-state index in [-0.39, 0.29) is 9.90 Å². The molecule has 0 heterocycles. The van der Waals surface area contributed by atoms with E-state index >= 15 is 0 Å². The molecule has 0 aliphatic rings. The van der Waals surface area contributed by atoms with Crippen LogP contribution in [0.2, 0.25) is 0 Å². The van der Waals surface area contributed by atoms with E-state index in [1.54, 1.807) is 0 Å². The minimum Gasteiger partial charge on any atom is -0.320 e. The molecule has 0 aromatic carbocycles. The van der Waals surface area contributed by atoms with Crippen molar-refractivity contribution in [3.63, 3.8) is 0 Å².